The lowest BCUT2D eigenvalue weighted by Crippen LogP contribution is -2.34. The first-order valence-corrected chi connectivity index (χ1v) is 12.7. The zero-order valence-electron chi connectivity index (χ0n) is 20.8. The Hall–Kier alpha value is -4.12. The molecule has 1 aromatic heterocycles. The average Bonchev–Trinajstić information content (AvgIpc) is 3.26. The molecule has 0 saturated carbocycles. The molecule has 0 bridgehead atoms. The van der Waals surface area contributed by atoms with Crippen LogP contribution in [0.25, 0.3) is 49.7 Å². The van der Waals surface area contributed by atoms with Gasteiger partial charge in [-0.1, -0.05) is 92.7 Å². The molecular formula is C33H26BNO2. The van der Waals surface area contributed by atoms with E-state index in [1.54, 1.807) is 0 Å². The molecular weight excluding hydrogens is 453 g/mol. The number of hydrogen-bond acceptors (Lipinski definition) is 2. The standard InChI is InChI=1S/C33H26BNO2/c1-33(2)28-20-25(34(36)37)14-16-31(28)35-30-15-13-23(21-9-5-3-6-10-21)17-26(30)27-18-24(19-29(33)32(27)35)22-11-7-4-8-12-22/h3-20,36-37H,1-2H3. The van der Waals surface area contributed by atoms with Gasteiger partial charge >= 0.3 is 7.12 Å². The Morgan fingerprint density at radius 2 is 1.24 bits per heavy atom. The lowest BCUT2D eigenvalue weighted by atomic mass is 9.70. The second kappa shape index (κ2) is 7.94. The second-order valence-electron chi connectivity index (χ2n) is 10.5. The highest BCUT2D eigenvalue weighted by molar-refractivity contribution is 6.58. The van der Waals surface area contributed by atoms with Gasteiger partial charge in [0.2, 0.25) is 0 Å². The third-order valence-corrected chi connectivity index (χ3v) is 7.98. The molecule has 2 N–H and O–H groups in total. The Balaban J connectivity index is 1.63. The van der Waals surface area contributed by atoms with Crippen molar-refractivity contribution in [2.45, 2.75) is 19.3 Å². The summed E-state index contributed by atoms with van der Waals surface area (Å²) in [7, 11) is -1.51. The minimum Gasteiger partial charge on any atom is -0.423 e. The van der Waals surface area contributed by atoms with E-state index in [2.05, 4.69) is 97.3 Å². The first-order valence-electron chi connectivity index (χ1n) is 12.7. The van der Waals surface area contributed by atoms with Crippen LogP contribution in [0.5, 0.6) is 0 Å². The first-order chi connectivity index (χ1) is 17.9. The molecule has 1 aliphatic heterocycles. The van der Waals surface area contributed by atoms with Gasteiger partial charge in [0.25, 0.3) is 0 Å². The number of hydrogen-bond donors (Lipinski definition) is 2. The topological polar surface area (TPSA) is 45.4 Å². The van der Waals surface area contributed by atoms with Crippen LogP contribution in [0.2, 0.25) is 0 Å². The van der Waals surface area contributed by atoms with Crippen molar-refractivity contribution in [3.05, 3.63) is 120 Å². The van der Waals surface area contributed by atoms with E-state index in [0.29, 0.717) is 5.46 Å². The molecule has 0 radical (unpaired) electrons. The van der Waals surface area contributed by atoms with Crippen LogP contribution < -0.4 is 5.46 Å². The van der Waals surface area contributed by atoms with Crippen LogP contribution in [0.3, 0.4) is 0 Å². The van der Waals surface area contributed by atoms with Gasteiger partial charge in [0.05, 0.1) is 16.7 Å². The lowest BCUT2D eigenvalue weighted by molar-refractivity contribution is 0.425. The van der Waals surface area contributed by atoms with Crippen LogP contribution in [0.15, 0.2) is 109 Å². The zero-order chi connectivity index (χ0) is 25.3. The van der Waals surface area contributed by atoms with E-state index in [-0.39, 0.29) is 5.41 Å². The summed E-state index contributed by atoms with van der Waals surface area (Å²) in [4.78, 5) is 0. The quantitative estimate of drug-likeness (QED) is 0.287. The highest BCUT2D eigenvalue weighted by atomic mass is 16.4. The van der Waals surface area contributed by atoms with Gasteiger partial charge in [-0.25, -0.2) is 0 Å². The normalized spacial score (nSPS) is 13.6. The smallest absolute Gasteiger partial charge is 0.423 e. The number of rotatable bonds is 3. The molecule has 0 spiro atoms. The largest absolute Gasteiger partial charge is 0.488 e. The van der Waals surface area contributed by atoms with Gasteiger partial charge < -0.3 is 14.6 Å². The summed E-state index contributed by atoms with van der Waals surface area (Å²) in [6.07, 6.45) is 0. The molecule has 0 unspecified atom stereocenters. The lowest BCUT2D eigenvalue weighted by Gasteiger charge is -2.35. The van der Waals surface area contributed by atoms with Crippen molar-refractivity contribution in [2.75, 3.05) is 0 Å². The molecule has 0 saturated heterocycles. The predicted octanol–water partition coefficient (Wildman–Crippen LogP) is 6.44. The van der Waals surface area contributed by atoms with Gasteiger partial charge in [-0.05, 0) is 69.2 Å². The van der Waals surface area contributed by atoms with E-state index >= 15 is 0 Å². The van der Waals surface area contributed by atoms with Gasteiger partial charge in [-0.15, -0.1) is 0 Å². The molecule has 7 rings (SSSR count). The van der Waals surface area contributed by atoms with Crippen molar-refractivity contribution in [2.24, 2.45) is 0 Å². The summed E-state index contributed by atoms with van der Waals surface area (Å²) in [5.41, 5.74) is 10.7. The minimum absolute atomic E-state index is 0.337. The number of fused-ring (bicyclic) bond motifs is 5. The molecule has 0 amide bonds. The van der Waals surface area contributed by atoms with E-state index in [9.17, 15) is 10.0 Å². The maximum absolute atomic E-state index is 9.96. The molecule has 1 aliphatic rings. The Kier molecular flexibility index (Phi) is 4.75. The van der Waals surface area contributed by atoms with Crippen LogP contribution in [-0.2, 0) is 5.41 Å². The van der Waals surface area contributed by atoms with E-state index in [1.165, 1.54) is 44.1 Å². The van der Waals surface area contributed by atoms with Gasteiger partial charge in [0, 0.05) is 16.2 Å². The van der Waals surface area contributed by atoms with Gasteiger partial charge in [-0.2, -0.15) is 0 Å². The minimum atomic E-state index is -1.51. The van der Waals surface area contributed by atoms with Crippen LogP contribution in [0.4, 0.5) is 0 Å². The molecule has 5 aromatic carbocycles. The van der Waals surface area contributed by atoms with E-state index < -0.39 is 7.12 Å². The monoisotopic (exact) mass is 479 g/mol. The fourth-order valence-electron chi connectivity index (χ4n) is 6.04. The summed E-state index contributed by atoms with van der Waals surface area (Å²) >= 11 is 0. The highest BCUT2D eigenvalue weighted by Gasteiger charge is 2.36. The summed E-state index contributed by atoms with van der Waals surface area (Å²) < 4.78 is 2.36. The highest BCUT2D eigenvalue weighted by Crippen LogP contribution is 2.49. The van der Waals surface area contributed by atoms with Crippen LogP contribution in [-0.4, -0.2) is 21.7 Å². The van der Waals surface area contributed by atoms with E-state index in [1.807, 2.05) is 30.3 Å². The van der Waals surface area contributed by atoms with Crippen molar-refractivity contribution in [3.63, 3.8) is 0 Å². The second-order valence-corrected chi connectivity index (χ2v) is 10.5. The van der Waals surface area contributed by atoms with Crippen LogP contribution >= 0.6 is 0 Å². The molecule has 178 valence electrons. The van der Waals surface area contributed by atoms with Crippen LogP contribution in [0, 0.1) is 0 Å². The summed E-state index contributed by atoms with van der Waals surface area (Å²) in [6, 6.07) is 38.2. The van der Waals surface area contributed by atoms with E-state index in [0.717, 1.165) is 16.8 Å². The summed E-state index contributed by atoms with van der Waals surface area (Å²) in [5, 5.41) is 22.4. The van der Waals surface area contributed by atoms with Crippen molar-refractivity contribution in [1.29, 1.82) is 0 Å². The van der Waals surface area contributed by atoms with E-state index in [4.69, 9.17) is 0 Å². The number of aromatic nitrogens is 1. The molecule has 0 fully saturated rings. The fourth-order valence-corrected chi connectivity index (χ4v) is 6.04. The Morgan fingerprint density at radius 1 is 0.595 bits per heavy atom. The average molecular weight is 479 g/mol. The Labute approximate surface area is 216 Å². The molecule has 2 heterocycles. The molecule has 4 heteroatoms. The fraction of sp³-hybridized carbons (Fsp3) is 0.0909. The molecule has 6 aromatic rings. The van der Waals surface area contributed by atoms with Crippen LogP contribution in [0.1, 0.15) is 25.0 Å². The SMILES string of the molecule is CC1(C)c2cc(B(O)O)ccc2-n2c3ccc(-c4ccccc4)cc3c3cc(-c4ccccc4)cc1c32. The number of benzene rings is 5. The third kappa shape index (κ3) is 3.23. The molecule has 37 heavy (non-hydrogen) atoms. The first kappa shape index (κ1) is 22.1. The van der Waals surface area contributed by atoms with Crippen molar-refractivity contribution < 1.29 is 10.0 Å². The van der Waals surface area contributed by atoms with Gasteiger partial charge in [0.15, 0.2) is 0 Å². The molecule has 0 aliphatic carbocycles. The molecule has 3 nitrogen and oxygen atoms in total. The molecule has 0 atom stereocenters. The van der Waals surface area contributed by atoms with Crippen molar-refractivity contribution >= 4 is 34.4 Å². The van der Waals surface area contributed by atoms with Crippen molar-refractivity contribution in [1.82, 2.24) is 4.57 Å². The summed E-state index contributed by atoms with van der Waals surface area (Å²) in [5.74, 6) is 0. The maximum Gasteiger partial charge on any atom is 0.488 e. The third-order valence-electron chi connectivity index (χ3n) is 7.98. The summed E-state index contributed by atoms with van der Waals surface area (Å²) in [6.45, 7) is 4.47. The van der Waals surface area contributed by atoms with Gasteiger partial charge in [-0.3, -0.25) is 0 Å². The van der Waals surface area contributed by atoms with Gasteiger partial charge in [0.1, 0.15) is 0 Å². The Morgan fingerprint density at radius 3 is 1.92 bits per heavy atom. The maximum atomic E-state index is 9.96. The zero-order valence-corrected chi connectivity index (χ0v) is 20.8. The number of nitrogens with zero attached hydrogens (tertiary/aromatic N) is 1. The van der Waals surface area contributed by atoms with Crippen molar-refractivity contribution in [3.8, 4) is 27.9 Å². The predicted molar refractivity (Wildman–Crippen MR) is 154 cm³/mol. The Bertz CT molecular complexity index is 1820.